The number of halogens is 2. The van der Waals surface area contributed by atoms with E-state index in [0.29, 0.717) is 28.5 Å². The maximum atomic E-state index is 13.2. The molecule has 6 heteroatoms. The van der Waals surface area contributed by atoms with E-state index < -0.39 is 5.82 Å². The van der Waals surface area contributed by atoms with Crippen LogP contribution in [-0.4, -0.2) is 14.8 Å². The highest BCUT2D eigenvalue weighted by Gasteiger charge is 2.11. The fourth-order valence-corrected chi connectivity index (χ4v) is 2.28. The number of nitrogen functional groups attached to an aromatic ring is 1. The van der Waals surface area contributed by atoms with Crippen LogP contribution in [0.2, 0.25) is 5.02 Å². The molecule has 2 N–H and O–H groups in total. The number of rotatable bonds is 3. The normalized spacial score (nSPS) is 10.8. The molecule has 0 aliphatic heterocycles. The summed E-state index contributed by atoms with van der Waals surface area (Å²) in [6.45, 7) is 0.493. The second kappa shape index (κ2) is 5.54. The lowest BCUT2D eigenvalue weighted by atomic mass is 10.2. The first-order valence-corrected chi connectivity index (χ1v) is 6.68. The summed E-state index contributed by atoms with van der Waals surface area (Å²) in [5, 5.41) is 5.05. The highest BCUT2D eigenvalue weighted by atomic mass is 35.5. The highest BCUT2D eigenvalue weighted by molar-refractivity contribution is 6.31. The molecule has 0 saturated heterocycles. The van der Waals surface area contributed by atoms with Crippen molar-refractivity contribution < 1.29 is 4.39 Å². The first-order valence-electron chi connectivity index (χ1n) is 6.31. The third-order valence-corrected chi connectivity index (χ3v) is 3.43. The molecule has 0 radical (unpaired) electrons. The van der Waals surface area contributed by atoms with Crippen molar-refractivity contribution in [1.82, 2.24) is 14.8 Å². The molecule has 0 saturated carbocycles. The maximum Gasteiger partial charge on any atom is 0.142 e. The van der Waals surface area contributed by atoms with Gasteiger partial charge in [-0.3, -0.25) is 9.67 Å². The van der Waals surface area contributed by atoms with Crippen LogP contribution in [0.1, 0.15) is 5.56 Å². The molecule has 3 aromatic rings. The molecule has 0 fully saturated rings. The molecule has 0 spiro atoms. The SMILES string of the molecule is Nc1cn(Cc2ccccc2Cl)nc1-c1cncc(F)c1. The van der Waals surface area contributed by atoms with Crippen LogP contribution in [0.4, 0.5) is 10.1 Å². The van der Waals surface area contributed by atoms with Gasteiger partial charge < -0.3 is 5.73 Å². The summed E-state index contributed by atoms with van der Waals surface area (Å²) < 4.78 is 14.9. The Kier molecular flexibility index (Phi) is 3.58. The fraction of sp³-hybridized carbons (Fsp3) is 0.0667. The molecule has 0 unspecified atom stereocenters. The van der Waals surface area contributed by atoms with Crippen LogP contribution in [0.5, 0.6) is 0 Å². The molecule has 2 aromatic heterocycles. The third kappa shape index (κ3) is 2.87. The summed E-state index contributed by atoms with van der Waals surface area (Å²) in [7, 11) is 0. The summed E-state index contributed by atoms with van der Waals surface area (Å²) in [4.78, 5) is 3.81. The van der Waals surface area contributed by atoms with E-state index in [1.807, 2.05) is 24.3 Å². The van der Waals surface area contributed by atoms with Gasteiger partial charge in [0, 0.05) is 23.0 Å². The molecule has 21 heavy (non-hydrogen) atoms. The van der Waals surface area contributed by atoms with Crippen molar-refractivity contribution in [3.8, 4) is 11.3 Å². The van der Waals surface area contributed by atoms with Gasteiger partial charge in [-0.05, 0) is 17.7 Å². The lowest BCUT2D eigenvalue weighted by molar-refractivity contribution is 0.621. The van der Waals surface area contributed by atoms with Crippen molar-refractivity contribution in [2.45, 2.75) is 6.54 Å². The minimum atomic E-state index is -0.424. The Balaban J connectivity index is 1.93. The minimum Gasteiger partial charge on any atom is -0.396 e. The van der Waals surface area contributed by atoms with Gasteiger partial charge in [-0.15, -0.1) is 0 Å². The number of hydrogen-bond acceptors (Lipinski definition) is 3. The first kappa shape index (κ1) is 13.6. The predicted molar refractivity (Wildman–Crippen MR) is 80.4 cm³/mol. The Morgan fingerprint density at radius 3 is 2.81 bits per heavy atom. The lowest BCUT2D eigenvalue weighted by Gasteiger charge is -2.03. The van der Waals surface area contributed by atoms with E-state index in [-0.39, 0.29) is 0 Å². The van der Waals surface area contributed by atoms with E-state index >= 15 is 0 Å². The van der Waals surface area contributed by atoms with Crippen LogP contribution in [-0.2, 0) is 6.54 Å². The van der Waals surface area contributed by atoms with Crippen molar-refractivity contribution in [3.05, 3.63) is 65.3 Å². The first-order chi connectivity index (χ1) is 10.1. The zero-order valence-electron chi connectivity index (χ0n) is 11.0. The molecule has 4 nitrogen and oxygen atoms in total. The zero-order chi connectivity index (χ0) is 14.8. The minimum absolute atomic E-state index is 0.424. The van der Waals surface area contributed by atoms with Crippen LogP contribution in [0.15, 0.2) is 48.9 Å². The van der Waals surface area contributed by atoms with Crippen molar-refractivity contribution in [3.63, 3.8) is 0 Å². The van der Waals surface area contributed by atoms with Crippen LogP contribution < -0.4 is 5.73 Å². The monoisotopic (exact) mass is 302 g/mol. The average Bonchev–Trinajstić information content (AvgIpc) is 2.82. The van der Waals surface area contributed by atoms with Gasteiger partial charge in [0.15, 0.2) is 0 Å². The van der Waals surface area contributed by atoms with E-state index in [2.05, 4.69) is 10.1 Å². The molecule has 0 amide bonds. The van der Waals surface area contributed by atoms with Gasteiger partial charge in [-0.25, -0.2) is 4.39 Å². The molecule has 0 aliphatic carbocycles. The van der Waals surface area contributed by atoms with E-state index in [1.54, 1.807) is 10.9 Å². The van der Waals surface area contributed by atoms with Gasteiger partial charge in [-0.2, -0.15) is 5.10 Å². The highest BCUT2D eigenvalue weighted by Crippen LogP contribution is 2.25. The maximum absolute atomic E-state index is 13.2. The zero-order valence-corrected chi connectivity index (χ0v) is 11.8. The summed E-state index contributed by atoms with van der Waals surface area (Å²) in [6.07, 6.45) is 4.37. The Morgan fingerprint density at radius 1 is 1.24 bits per heavy atom. The van der Waals surface area contributed by atoms with Crippen LogP contribution in [0, 0.1) is 5.82 Å². The van der Waals surface area contributed by atoms with E-state index in [0.717, 1.165) is 11.8 Å². The van der Waals surface area contributed by atoms with Gasteiger partial charge in [0.05, 0.1) is 18.4 Å². The number of pyridine rings is 1. The van der Waals surface area contributed by atoms with Crippen molar-refractivity contribution in [2.75, 3.05) is 5.73 Å². The standard InChI is InChI=1S/C15H12ClFN4/c16-13-4-2-1-3-10(13)8-21-9-14(18)15(20-21)11-5-12(17)7-19-6-11/h1-7,9H,8,18H2. The summed E-state index contributed by atoms with van der Waals surface area (Å²) in [5.74, 6) is -0.424. The van der Waals surface area contributed by atoms with Gasteiger partial charge in [-0.1, -0.05) is 29.8 Å². The molecular formula is C15H12ClFN4. The van der Waals surface area contributed by atoms with Gasteiger partial charge in [0.1, 0.15) is 11.5 Å². The number of benzene rings is 1. The van der Waals surface area contributed by atoms with Crippen molar-refractivity contribution in [1.29, 1.82) is 0 Å². The second-order valence-electron chi connectivity index (χ2n) is 4.61. The molecule has 0 aliphatic rings. The predicted octanol–water partition coefficient (Wildman–Crippen LogP) is 3.37. The van der Waals surface area contributed by atoms with Crippen molar-refractivity contribution >= 4 is 17.3 Å². The summed E-state index contributed by atoms with van der Waals surface area (Å²) >= 11 is 6.13. The number of anilines is 1. The Bertz CT molecular complexity index is 785. The Labute approximate surface area is 126 Å². The molecule has 0 atom stereocenters. The average molecular weight is 303 g/mol. The molecule has 0 bridgehead atoms. The molecular weight excluding hydrogens is 291 g/mol. The van der Waals surface area contributed by atoms with Crippen molar-refractivity contribution in [2.24, 2.45) is 0 Å². The number of nitrogens with two attached hydrogens (primary N) is 1. The summed E-state index contributed by atoms with van der Waals surface area (Å²) in [5.41, 5.74) is 8.41. The lowest BCUT2D eigenvalue weighted by Crippen LogP contribution is -2.01. The summed E-state index contributed by atoms with van der Waals surface area (Å²) in [6, 6.07) is 8.87. The van der Waals surface area contributed by atoms with Crippen LogP contribution in [0.3, 0.4) is 0 Å². The Hall–Kier alpha value is -2.40. The molecule has 3 rings (SSSR count). The van der Waals surface area contributed by atoms with Gasteiger partial charge in [0.2, 0.25) is 0 Å². The quantitative estimate of drug-likeness (QED) is 0.807. The fourth-order valence-electron chi connectivity index (χ4n) is 2.08. The number of aromatic nitrogens is 3. The molecule has 1 aromatic carbocycles. The van der Waals surface area contributed by atoms with E-state index in [1.165, 1.54) is 12.3 Å². The molecule has 2 heterocycles. The van der Waals surface area contributed by atoms with Gasteiger partial charge >= 0.3 is 0 Å². The Morgan fingerprint density at radius 2 is 2.05 bits per heavy atom. The molecule has 106 valence electrons. The van der Waals surface area contributed by atoms with Crippen LogP contribution >= 0.6 is 11.6 Å². The van der Waals surface area contributed by atoms with Gasteiger partial charge in [0.25, 0.3) is 0 Å². The third-order valence-electron chi connectivity index (χ3n) is 3.06. The number of hydrogen-bond donors (Lipinski definition) is 1. The smallest absolute Gasteiger partial charge is 0.142 e. The van der Waals surface area contributed by atoms with E-state index in [9.17, 15) is 4.39 Å². The largest absolute Gasteiger partial charge is 0.396 e. The topological polar surface area (TPSA) is 56.7 Å². The second-order valence-corrected chi connectivity index (χ2v) is 5.02. The number of nitrogens with zero attached hydrogens (tertiary/aromatic N) is 3. The van der Waals surface area contributed by atoms with E-state index in [4.69, 9.17) is 17.3 Å². The van der Waals surface area contributed by atoms with Crippen LogP contribution in [0.25, 0.3) is 11.3 Å².